The molecule has 0 saturated heterocycles. The van der Waals surface area contributed by atoms with Gasteiger partial charge in [-0.3, -0.25) is 46.3 Å². The van der Waals surface area contributed by atoms with Crippen LogP contribution in [0, 0.1) is 0 Å². The van der Waals surface area contributed by atoms with E-state index in [-0.39, 0.29) is 76.7 Å². The summed E-state index contributed by atoms with van der Waals surface area (Å²) in [6.45, 7) is 25.8. The topological polar surface area (TPSA) is 250 Å². The number of nitrogens with one attached hydrogen (secondary N) is 2. The molecule has 0 radical (unpaired) electrons. The van der Waals surface area contributed by atoms with Crippen LogP contribution in [-0.2, 0) is 69.7 Å². The van der Waals surface area contributed by atoms with Crippen LogP contribution in [0.3, 0.4) is 0 Å². The third-order valence-corrected chi connectivity index (χ3v) is 22.4. The van der Waals surface area contributed by atoms with Crippen molar-refractivity contribution in [2.45, 2.75) is 465 Å². The number of carbonyl (C=O) groups excluding carboxylic acids is 3. The van der Waals surface area contributed by atoms with Gasteiger partial charge in [-0.05, 0) is 64.2 Å². The highest BCUT2D eigenvalue weighted by Gasteiger charge is 2.30. The molecule has 0 heterocycles. The molecule has 0 fully saturated rings. The summed E-state index contributed by atoms with van der Waals surface area (Å²) in [4.78, 5) is 48.7. The quantitative estimate of drug-likeness (QED) is 0.0191. The van der Waals surface area contributed by atoms with E-state index in [2.05, 4.69) is 65.3 Å². The zero-order valence-corrected chi connectivity index (χ0v) is 75.1. The lowest BCUT2D eigenvalue weighted by atomic mass is 10.1. The zero-order valence-electron chi connectivity index (χ0n) is 73.3. The summed E-state index contributed by atoms with van der Waals surface area (Å²) >= 11 is 0. The van der Waals surface area contributed by atoms with Gasteiger partial charge in [0.25, 0.3) is 0 Å². The largest absolute Gasteiger partial charge is 0.481 e. The Kier molecular flexibility index (Phi) is 91.1. The molecule has 2 unspecified atom stereocenters. The van der Waals surface area contributed by atoms with Crippen molar-refractivity contribution in [3.8, 4) is 0 Å². The highest BCUT2D eigenvalue weighted by molar-refractivity contribution is 7.48. The molecule has 2 amide bonds. The van der Waals surface area contributed by atoms with Gasteiger partial charge < -0.3 is 35.1 Å². The van der Waals surface area contributed by atoms with Gasteiger partial charge >= 0.3 is 27.6 Å². The van der Waals surface area contributed by atoms with Gasteiger partial charge in [-0.2, -0.15) is 0 Å². The number of hydrogen-bond acceptors (Lipinski definition) is 16. The SMILES string of the molecule is C=CCOP(=O)(OCCC)OC[C@H](COCC[C@@H](CCCCCCC)OC(=O)CCCCCCCCCCC)NC(=O)CCCCCCCCCCCCC.C=CCOP(=O)(OCCC)OC[C@H](COCC[C@H](O)CCCCCCC)NC(=O)CCCCCCCCCCCCC.CCCCCCCCCCCC(=O)O. The maximum absolute atomic E-state index is 13.3. The number of carboxylic acids is 1. The molecule has 6 atom stereocenters. The molecule has 19 nitrogen and oxygen atoms in total. The van der Waals surface area contributed by atoms with Crippen molar-refractivity contribution in [1.82, 2.24) is 10.6 Å². The number of phosphoric ester groups is 2. The Hall–Kier alpha value is -2.54. The minimum absolute atomic E-state index is 0.0189. The highest BCUT2D eigenvalue weighted by Crippen LogP contribution is 2.50. The molecule has 0 rings (SSSR count). The van der Waals surface area contributed by atoms with E-state index in [4.69, 9.17) is 46.5 Å². The van der Waals surface area contributed by atoms with Gasteiger partial charge in [-0.1, -0.05) is 356 Å². The molecule has 0 bridgehead atoms. The number of esters is 1. The van der Waals surface area contributed by atoms with E-state index in [9.17, 15) is 33.4 Å². The van der Waals surface area contributed by atoms with Crippen molar-refractivity contribution in [3.63, 3.8) is 0 Å². The van der Waals surface area contributed by atoms with Gasteiger partial charge in [-0.25, -0.2) is 9.13 Å². The number of ether oxygens (including phenoxy) is 3. The lowest BCUT2D eigenvalue weighted by Gasteiger charge is -2.23. The van der Waals surface area contributed by atoms with Gasteiger partial charge in [0.2, 0.25) is 11.8 Å². The Morgan fingerprint density at radius 2 is 0.613 bits per heavy atom. The fourth-order valence-electron chi connectivity index (χ4n) is 12.7. The number of aliphatic hydroxyl groups excluding tert-OH is 1. The first-order valence-electron chi connectivity index (χ1n) is 46.1. The molecule has 0 aliphatic heterocycles. The molecular formula is C90H178N2O17P2. The Morgan fingerprint density at radius 3 is 0.928 bits per heavy atom. The van der Waals surface area contributed by atoms with Gasteiger partial charge in [0.05, 0.1) is 77.6 Å². The number of carboxylic acid groups (broad SMARTS) is 1. The smallest absolute Gasteiger partial charge is 0.475 e. The number of carbonyl (C=O) groups is 4. The van der Waals surface area contributed by atoms with Gasteiger partial charge in [0.15, 0.2) is 0 Å². The van der Waals surface area contributed by atoms with Crippen molar-refractivity contribution in [3.05, 3.63) is 25.3 Å². The van der Waals surface area contributed by atoms with E-state index in [0.717, 1.165) is 103 Å². The minimum Gasteiger partial charge on any atom is -0.481 e. The van der Waals surface area contributed by atoms with E-state index in [1.807, 2.05) is 13.8 Å². The molecule has 660 valence electrons. The van der Waals surface area contributed by atoms with Crippen LogP contribution in [0.1, 0.15) is 441 Å². The number of aliphatic carboxylic acids is 1. The number of amides is 2. The van der Waals surface area contributed by atoms with Crippen LogP contribution in [0.25, 0.3) is 0 Å². The molecule has 0 saturated carbocycles. The first kappa shape index (κ1) is 113. The maximum Gasteiger partial charge on any atom is 0.475 e. The van der Waals surface area contributed by atoms with Crippen molar-refractivity contribution in [2.75, 3.05) is 66.1 Å². The summed E-state index contributed by atoms with van der Waals surface area (Å²) < 4.78 is 76.9. The summed E-state index contributed by atoms with van der Waals surface area (Å²) in [6, 6.07) is -1.06. The van der Waals surface area contributed by atoms with Crippen LogP contribution in [0.5, 0.6) is 0 Å². The summed E-state index contributed by atoms with van der Waals surface area (Å²) in [5.41, 5.74) is 0. The van der Waals surface area contributed by atoms with E-state index >= 15 is 0 Å². The Labute approximate surface area is 682 Å². The summed E-state index contributed by atoms with van der Waals surface area (Å²) in [6.07, 6.45) is 68.5. The summed E-state index contributed by atoms with van der Waals surface area (Å²) in [5.74, 6) is -0.941. The molecule has 0 aliphatic carbocycles. The third-order valence-electron chi connectivity index (χ3n) is 19.6. The van der Waals surface area contributed by atoms with E-state index in [1.165, 1.54) is 243 Å². The summed E-state index contributed by atoms with van der Waals surface area (Å²) in [7, 11) is -7.64. The van der Waals surface area contributed by atoms with Crippen LogP contribution >= 0.6 is 15.6 Å². The Morgan fingerprint density at radius 1 is 0.324 bits per heavy atom. The van der Waals surface area contributed by atoms with Crippen molar-refractivity contribution >= 4 is 39.4 Å². The lowest BCUT2D eigenvalue weighted by molar-refractivity contribution is -0.150. The predicted molar refractivity (Wildman–Crippen MR) is 463 cm³/mol. The van der Waals surface area contributed by atoms with Gasteiger partial charge in [-0.15, -0.1) is 13.2 Å². The first-order chi connectivity index (χ1) is 54.0. The van der Waals surface area contributed by atoms with E-state index in [1.54, 1.807) is 0 Å². The molecule has 0 spiro atoms. The predicted octanol–water partition coefficient (Wildman–Crippen LogP) is 26.6. The van der Waals surface area contributed by atoms with Crippen molar-refractivity contribution in [1.29, 1.82) is 0 Å². The third kappa shape index (κ3) is 86.6. The number of unbranched alkanes of at least 4 members (excludes halogenated alkanes) is 44. The molecule has 0 aromatic rings. The Bertz CT molecular complexity index is 2110. The standard InChI is InChI=1S/C45H88NO8P.C33H66NO7P.C12H24O2/c1-6-11-14-17-19-21-22-24-25-28-31-34-44(47)46-42(41-53-55(49,51-37-9-4)52-38-10-5)40-50-39-36-43(33-30-27-16-13-8-3)54-45(48)35-32-29-26-23-20-18-15-12-7-2;1-5-9-11-13-14-15-16-17-18-20-22-24-33(36)34-31(30-41-42(37,39-26-7-3)40-27-8-4)29-38-28-25-32(35)23-21-19-12-10-6-2;1-2-3-4-5-6-7-8-9-10-11-12(13)14/h9,42-43H,4,6-8,10-41H2,1-3,5H3,(H,46,47);7,31-32,35H,3,5-6,8-30H2,1-2,4H3,(H,34,36);2-11H2,1H3,(H,13,14)/t42-,43+,55?;31-,32+,42?;/m00./s1. The second-order valence-electron chi connectivity index (χ2n) is 30.9. The summed E-state index contributed by atoms with van der Waals surface area (Å²) in [5, 5.41) is 24.7. The van der Waals surface area contributed by atoms with E-state index < -0.39 is 39.8 Å². The number of rotatable bonds is 87. The molecule has 0 aromatic heterocycles. The minimum atomic E-state index is -3.85. The van der Waals surface area contributed by atoms with Crippen LogP contribution < -0.4 is 10.6 Å². The molecule has 0 aliphatic rings. The van der Waals surface area contributed by atoms with E-state index in [0.29, 0.717) is 64.6 Å². The van der Waals surface area contributed by atoms with Crippen LogP contribution in [0.4, 0.5) is 0 Å². The van der Waals surface area contributed by atoms with Crippen molar-refractivity contribution < 1.29 is 79.9 Å². The van der Waals surface area contributed by atoms with Crippen LogP contribution in [-0.4, -0.2) is 124 Å². The average molecular weight is 1620 g/mol. The second kappa shape index (κ2) is 89.8. The molecular weight excluding hydrogens is 1440 g/mol. The molecule has 111 heavy (non-hydrogen) atoms. The highest BCUT2D eigenvalue weighted by atomic mass is 31.2. The Balaban J connectivity index is -0.00000183. The average Bonchev–Trinajstić information content (AvgIpc) is 0.889. The molecule has 4 N–H and O–H groups in total. The number of hydrogen-bond donors (Lipinski definition) is 4. The monoisotopic (exact) mass is 1620 g/mol. The molecule has 21 heteroatoms. The fraction of sp³-hybridized carbons (Fsp3) is 0.911. The number of phosphoric acid groups is 2. The molecule has 0 aromatic carbocycles. The zero-order chi connectivity index (χ0) is 82.3. The first-order valence-corrected chi connectivity index (χ1v) is 49.1. The van der Waals surface area contributed by atoms with Crippen LogP contribution in [0.15, 0.2) is 25.3 Å². The van der Waals surface area contributed by atoms with Gasteiger partial charge in [0, 0.05) is 38.7 Å². The second-order valence-corrected chi connectivity index (χ2v) is 34.2. The maximum atomic E-state index is 13.3. The van der Waals surface area contributed by atoms with Crippen LogP contribution in [0.2, 0.25) is 0 Å². The normalized spacial score (nSPS) is 13.5. The lowest BCUT2D eigenvalue weighted by Crippen LogP contribution is -2.41. The van der Waals surface area contributed by atoms with Crippen molar-refractivity contribution in [2.24, 2.45) is 0 Å². The van der Waals surface area contributed by atoms with Gasteiger partial charge in [0.1, 0.15) is 6.10 Å². The fourth-order valence-corrected chi connectivity index (χ4v) is 15.3. The number of aliphatic hydroxyl groups is 1.